The summed E-state index contributed by atoms with van der Waals surface area (Å²) in [4.78, 5) is 23.3. The lowest BCUT2D eigenvalue weighted by Gasteiger charge is -2.12. The number of ether oxygens (including phenoxy) is 1. The first-order valence-corrected chi connectivity index (χ1v) is 7.31. The first-order valence-electron chi connectivity index (χ1n) is 7.31. The van der Waals surface area contributed by atoms with Gasteiger partial charge in [-0.05, 0) is 38.0 Å². The Morgan fingerprint density at radius 1 is 1.22 bits per heavy atom. The highest BCUT2D eigenvalue weighted by Crippen LogP contribution is 2.22. The van der Waals surface area contributed by atoms with Gasteiger partial charge in [-0.25, -0.2) is 14.3 Å². The zero-order valence-electron chi connectivity index (χ0n) is 13.5. The van der Waals surface area contributed by atoms with E-state index >= 15 is 0 Å². The van der Waals surface area contributed by atoms with Crippen molar-refractivity contribution in [3.8, 4) is 5.69 Å². The van der Waals surface area contributed by atoms with Crippen LogP contribution in [0.5, 0.6) is 0 Å². The highest BCUT2D eigenvalue weighted by Gasteiger charge is 2.22. The number of esters is 1. The second kappa shape index (κ2) is 6.60. The molecule has 0 saturated carbocycles. The van der Waals surface area contributed by atoms with Gasteiger partial charge in [-0.15, -0.1) is 5.10 Å². The number of hydrogen-bond acceptors (Lipinski definition) is 5. The van der Waals surface area contributed by atoms with Crippen LogP contribution in [0.4, 0.5) is 0 Å². The predicted octanol–water partition coefficient (Wildman–Crippen LogP) is 2.65. The van der Waals surface area contributed by atoms with E-state index in [1.165, 1.54) is 4.68 Å². The monoisotopic (exact) mass is 317 g/mol. The summed E-state index contributed by atoms with van der Waals surface area (Å²) in [6.07, 6.45) is -0.220. The lowest BCUT2D eigenvalue weighted by atomic mass is 10.1. The van der Waals surface area contributed by atoms with Crippen molar-refractivity contribution in [1.29, 1.82) is 0 Å². The smallest absolute Gasteiger partial charge is 0.358 e. The Bertz CT molecular complexity index is 735. The molecule has 23 heavy (non-hydrogen) atoms. The van der Waals surface area contributed by atoms with Gasteiger partial charge in [0.15, 0.2) is 5.69 Å². The van der Waals surface area contributed by atoms with Crippen molar-refractivity contribution in [1.82, 2.24) is 15.0 Å². The quantitative estimate of drug-likeness (QED) is 0.852. The number of carboxylic acid groups (broad SMARTS) is 1. The van der Waals surface area contributed by atoms with E-state index < -0.39 is 11.9 Å². The second-order valence-electron chi connectivity index (χ2n) is 5.70. The highest BCUT2D eigenvalue weighted by atomic mass is 16.5. The maximum atomic E-state index is 12.0. The maximum Gasteiger partial charge on any atom is 0.358 e. The topological polar surface area (TPSA) is 94.3 Å². The normalized spacial score (nSPS) is 11.0. The van der Waals surface area contributed by atoms with E-state index in [9.17, 15) is 14.7 Å². The molecule has 0 aliphatic heterocycles. The van der Waals surface area contributed by atoms with Crippen LogP contribution in [0, 0.1) is 0 Å². The number of aromatic carboxylic acids is 1. The number of carbonyl (C=O) groups excluding carboxylic acids is 1. The lowest BCUT2D eigenvalue weighted by Crippen LogP contribution is -2.13. The van der Waals surface area contributed by atoms with E-state index in [1.807, 2.05) is 13.8 Å². The predicted molar refractivity (Wildman–Crippen MR) is 83.0 cm³/mol. The van der Waals surface area contributed by atoms with Crippen molar-refractivity contribution in [3.05, 3.63) is 41.2 Å². The van der Waals surface area contributed by atoms with Crippen LogP contribution in [0.2, 0.25) is 0 Å². The molecule has 0 aliphatic carbocycles. The fourth-order valence-corrected chi connectivity index (χ4v) is 2.20. The maximum absolute atomic E-state index is 12.0. The van der Waals surface area contributed by atoms with Gasteiger partial charge in [0, 0.05) is 0 Å². The first kappa shape index (κ1) is 16.7. The van der Waals surface area contributed by atoms with Crippen molar-refractivity contribution in [2.45, 2.75) is 39.7 Å². The Morgan fingerprint density at radius 2 is 1.91 bits per heavy atom. The number of carbonyl (C=O) groups is 2. The van der Waals surface area contributed by atoms with E-state index in [0.29, 0.717) is 16.9 Å². The third kappa shape index (κ3) is 3.56. The molecule has 7 heteroatoms. The molecule has 0 bridgehead atoms. The minimum atomic E-state index is -1.13. The average Bonchev–Trinajstić information content (AvgIpc) is 2.92. The van der Waals surface area contributed by atoms with Gasteiger partial charge < -0.3 is 9.84 Å². The summed E-state index contributed by atoms with van der Waals surface area (Å²) in [5.74, 6) is -1.66. The molecule has 7 nitrogen and oxygen atoms in total. The molecule has 0 aliphatic rings. The third-order valence-corrected chi connectivity index (χ3v) is 3.12. The summed E-state index contributed by atoms with van der Waals surface area (Å²) in [7, 11) is 0. The average molecular weight is 317 g/mol. The molecule has 0 spiro atoms. The van der Waals surface area contributed by atoms with E-state index in [0.717, 1.165) is 0 Å². The molecule has 0 fully saturated rings. The Hall–Kier alpha value is -2.70. The standard InChI is InChI=1S/C16H19N3O4/c1-9(2)14-13(15(20)21)17-18-19(14)12-7-5-6-11(8-12)16(22)23-10(3)4/h5-10H,1-4H3,(H,20,21). The van der Waals surface area contributed by atoms with Gasteiger partial charge in [0.1, 0.15) is 0 Å². The fraction of sp³-hybridized carbons (Fsp3) is 0.375. The molecule has 2 rings (SSSR count). The molecule has 0 unspecified atom stereocenters. The van der Waals surface area contributed by atoms with E-state index in [2.05, 4.69) is 10.3 Å². The largest absolute Gasteiger partial charge is 0.476 e. The minimum Gasteiger partial charge on any atom is -0.476 e. The molecular weight excluding hydrogens is 298 g/mol. The van der Waals surface area contributed by atoms with Crippen LogP contribution >= 0.6 is 0 Å². The Kier molecular flexibility index (Phi) is 4.78. The summed E-state index contributed by atoms with van der Waals surface area (Å²) in [5, 5.41) is 16.9. The van der Waals surface area contributed by atoms with Crippen molar-refractivity contribution in [3.63, 3.8) is 0 Å². The Balaban J connectivity index is 2.47. The van der Waals surface area contributed by atoms with E-state index in [4.69, 9.17) is 4.74 Å². The summed E-state index contributed by atoms with van der Waals surface area (Å²) in [6, 6.07) is 6.67. The zero-order chi connectivity index (χ0) is 17.1. The summed E-state index contributed by atoms with van der Waals surface area (Å²) in [5.41, 5.74) is 1.33. The van der Waals surface area contributed by atoms with Crippen LogP contribution < -0.4 is 0 Å². The van der Waals surface area contributed by atoms with Crippen LogP contribution in [-0.2, 0) is 4.74 Å². The molecule has 0 atom stereocenters. The van der Waals surface area contributed by atoms with Crippen molar-refractivity contribution in [2.24, 2.45) is 0 Å². The van der Waals surface area contributed by atoms with Crippen molar-refractivity contribution < 1.29 is 19.4 Å². The number of benzene rings is 1. The van der Waals surface area contributed by atoms with Gasteiger partial charge in [0.05, 0.1) is 23.0 Å². The molecule has 0 amide bonds. The molecule has 1 N–H and O–H groups in total. The number of carboxylic acids is 1. The highest BCUT2D eigenvalue weighted by molar-refractivity contribution is 5.90. The number of nitrogens with zero attached hydrogens (tertiary/aromatic N) is 3. The molecule has 1 aromatic carbocycles. The number of hydrogen-bond donors (Lipinski definition) is 1. The summed E-state index contributed by atoms with van der Waals surface area (Å²) in [6.45, 7) is 7.27. The number of aromatic nitrogens is 3. The molecule has 122 valence electrons. The van der Waals surface area contributed by atoms with Crippen molar-refractivity contribution in [2.75, 3.05) is 0 Å². The van der Waals surface area contributed by atoms with E-state index in [1.54, 1.807) is 38.1 Å². The summed E-state index contributed by atoms with van der Waals surface area (Å²) < 4.78 is 6.61. The SMILES string of the molecule is CC(C)OC(=O)c1cccc(-n2nnc(C(=O)O)c2C(C)C)c1. The molecular formula is C16H19N3O4. The molecule has 0 saturated heterocycles. The Labute approximate surface area is 133 Å². The second-order valence-corrected chi connectivity index (χ2v) is 5.70. The van der Waals surface area contributed by atoms with Gasteiger partial charge in [0.2, 0.25) is 0 Å². The van der Waals surface area contributed by atoms with Gasteiger partial charge in [-0.3, -0.25) is 0 Å². The summed E-state index contributed by atoms with van der Waals surface area (Å²) >= 11 is 0. The number of rotatable bonds is 5. The molecule has 1 heterocycles. The van der Waals surface area contributed by atoms with Gasteiger partial charge >= 0.3 is 11.9 Å². The van der Waals surface area contributed by atoms with Crippen LogP contribution in [0.25, 0.3) is 5.69 Å². The fourth-order valence-electron chi connectivity index (χ4n) is 2.20. The molecule has 1 aromatic heterocycles. The lowest BCUT2D eigenvalue weighted by molar-refractivity contribution is 0.0377. The first-order chi connectivity index (χ1) is 10.8. The van der Waals surface area contributed by atoms with Crippen LogP contribution in [-0.4, -0.2) is 38.1 Å². The minimum absolute atomic E-state index is 0.0878. The zero-order valence-corrected chi connectivity index (χ0v) is 13.5. The van der Waals surface area contributed by atoms with Gasteiger partial charge in [-0.2, -0.15) is 0 Å². The third-order valence-electron chi connectivity index (χ3n) is 3.12. The van der Waals surface area contributed by atoms with E-state index in [-0.39, 0.29) is 17.7 Å². The Morgan fingerprint density at radius 3 is 2.48 bits per heavy atom. The van der Waals surface area contributed by atoms with Crippen LogP contribution in [0.3, 0.4) is 0 Å². The molecule has 2 aromatic rings. The van der Waals surface area contributed by atoms with Crippen molar-refractivity contribution >= 4 is 11.9 Å². The van der Waals surface area contributed by atoms with Gasteiger partial charge in [0.25, 0.3) is 0 Å². The van der Waals surface area contributed by atoms with Crippen LogP contribution in [0.1, 0.15) is 60.2 Å². The van der Waals surface area contributed by atoms with Gasteiger partial charge in [-0.1, -0.05) is 25.1 Å². The van der Waals surface area contributed by atoms with Crippen LogP contribution in [0.15, 0.2) is 24.3 Å². The molecule has 0 radical (unpaired) electrons.